The lowest BCUT2D eigenvalue weighted by Crippen LogP contribution is -1.97. The lowest BCUT2D eigenvalue weighted by atomic mass is 10.0. The summed E-state index contributed by atoms with van der Waals surface area (Å²) in [6.07, 6.45) is 1.93. The molecule has 0 saturated carbocycles. The molecule has 0 aliphatic heterocycles. The molecule has 0 spiro atoms. The zero-order chi connectivity index (χ0) is 15.2. The number of aryl methyl sites for hydroxylation is 1. The minimum Gasteiger partial charge on any atom is -0.497 e. The third-order valence-corrected chi connectivity index (χ3v) is 4.56. The number of methoxy groups -OCH3 is 2. The van der Waals surface area contributed by atoms with Gasteiger partial charge in [0, 0.05) is 15.4 Å². The fraction of sp³-hybridized carbons (Fsp3) is 0.294. The molecule has 2 aromatic carbocycles. The van der Waals surface area contributed by atoms with Crippen LogP contribution in [0.25, 0.3) is 0 Å². The van der Waals surface area contributed by atoms with Gasteiger partial charge in [0.15, 0.2) is 0 Å². The molecule has 0 saturated heterocycles. The maximum absolute atomic E-state index is 6.08. The molecule has 0 heterocycles. The fourth-order valence-electron chi connectivity index (χ4n) is 2.19. The van der Waals surface area contributed by atoms with Crippen LogP contribution in [0, 0.1) is 0 Å². The Hall–Kier alpha value is -1.19. The molecule has 1 unspecified atom stereocenters. The van der Waals surface area contributed by atoms with Gasteiger partial charge in [-0.05, 0) is 48.7 Å². The van der Waals surface area contributed by atoms with Crippen molar-refractivity contribution in [3.63, 3.8) is 0 Å². The first-order valence-corrected chi connectivity index (χ1v) is 8.04. The first kappa shape index (κ1) is 16.2. The number of ether oxygens (including phenoxy) is 2. The van der Waals surface area contributed by atoms with Crippen LogP contribution in [0.15, 0.2) is 42.5 Å². The van der Waals surface area contributed by atoms with Crippen LogP contribution in [0.5, 0.6) is 11.5 Å². The summed E-state index contributed by atoms with van der Waals surface area (Å²) in [7, 11) is 3.35. The van der Waals surface area contributed by atoms with E-state index in [4.69, 9.17) is 21.1 Å². The minimum atomic E-state index is 0.202. The highest BCUT2D eigenvalue weighted by Gasteiger charge is 2.14. The Morgan fingerprint density at radius 1 is 1.05 bits per heavy atom. The van der Waals surface area contributed by atoms with Gasteiger partial charge in [0.05, 0.1) is 14.2 Å². The molecule has 21 heavy (non-hydrogen) atoms. The minimum absolute atomic E-state index is 0.202. The van der Waals surface area contributed by atoms with Gasteiger partial charge >= 0.3 is 0 Å². The highest BCUT2D eigenvalue weighted by Crippen LogP contribution is 2.36. The van der Waals surface area contributed by atoms with Crippen molar-refractivity contribution in [3.05, 3.63) is 58.6 Å². The third-order valence-electron chi connectivity index (χ3n) is 3.37. The number of halogens is 2. The molecule has 2 rings (SSSR count). The van der Waals surface area contributed by atoms with E-state index >= 15 is 0 Å². The Bertz CT molecular complexity index is 584. The SMILES string of the molecule is COc1ccc(CCC(Br)c2cc(Cl)ccc2OC)cc1. The van der Waals surface area contributed by atoms with Gasteiger partial charge in [-0.25, -0.2) is 0 Å². The fourth-order valence-corrected chi connectivity index (χ4v) is 2.96. The summed E-state index contributed by atoms with van der Waals surface area (Å²) in [4.78, 5) is 0.202. The van der Waals surface area contributed by atoms with E-state index in [0.717, 1.165) is 34.9 Å². The maximum Gasteiger partial charge on any atom is 0.123 e. The molecule has 0 aliphatic rings. The predicted molar refractivity (Wildman–Crippen MR) is 91.0 cm³/mol. The summed E-state index contributed by atoms with van der Waals surface area (Å²) in [5, 5.41) is 0.722. The van der Waals surface area contributed by atoms with Crippen LogP contribution >= 0.6 is 27.5 Å². The second-order valence-corrected chi connectivity index (χ2v) is 6.28. The van der Waals surface area contributed by atoms with Crippen molar-refractivity contribution in [2.75, 3.05) is 14.2 Å². The number of hydrogen-bond acceptors (Lipinski definition) is 2. The zero-order valence-corrected chi connectivity index (χ0v) is 14.4. The predicted octanol–water partition coefficient (Wildman–Crippen LogP) is 5.43. The Morgan fingerprint density at radius 2 is 1.76 bits per heavy atom. The lowest BCUT2D eigenvalue weighted by molar-refractivity contribution is 0.409. The number of hydrogen-bond donors (Lipinski definition) is 0. The second kappa shape index (κ2) is 7.71. The van der Waals surface area contributed by atoms with Crippen molar-refractivity contribution in [2.45, 2.75) is 17.7 Å². The van der Waals surface area contributed by atoms with Crippen LogP contribution in [0.3, 0.4) is 0 Å². The molecule has 0 fully saturated rings. The van der Waals surface area contributed by atoms with Crippen LogP contribution in [-0.4, -0.2) is 14.2 Å². The molecular weight excluding hydrogens is 352 g/mol. The Kier molecular flexibility index (Phi) is 5.95. The van der Waals surface area contributed by atoms with Gasteiger partial charge in [0.1, 0.15) is 11.5 Å². The van der Waals surface area contributed by atoms with E-state index in [1.165, 1.54) is 5.56 Å². The quantitative estimate of drug-likeness (QED) is 0.632. The average molecular weight is 370 g/mol. The van der Waals surface area contributed by atoms with E-state index in [0.29, 0.717) is 0 Å². The molecule has 112 valence electrons. The summed E-state index contributed by atoms with van der Waals surface area (Å²) >= 11 is 9.81. The largest absolute Gasteiger partial charge is 0.497 e. The Balaban J connectivity index is 2.03. The standard InChI is InChI=1S/C17H18BrClO2/c1-20-14-7-3-12(4-8-14)5-9-16(18)15-11-13(19)6-10-17(15)21-2/h3-4,6-8,10-11,16H,5,9H2,1-2H3. The molecule has 0 N–H and O–H groups in total. The summed E-state index contributed by atoms with van der Waals surface area (Å²) in [5.41, 5.74) is 2.36. The highest BCUT2D eigenvalue weighted by molar-refractivity contribution is 9.09. The average Bonchev–Trinajstić information content (AvgIpc) is 2.53. The second-order valence-electron chi connectivity index (χ2n) is 4.74. The molecule has 2 aromatic rings. The highest BCUT2D eigenvalue weighted by atomic mass is 79.9. The maximum atomic E-state index is 6.08. The zero-order valence-electron chi connectivity index (χ0n) is 12.1. The van der Waals surface area contributed by atoms with Crippen molar-refractivity contribution in [1.82, 2.24) is 0 Å². The van der Waals surface area contributed by atoms with Crippen LogP contribution in [-0.2, 0) is 6.42 Å². The van der Waals surface area contributed by atoms with Crippen LogP contribution in [0.2, 0.25) is 5.02 Å². The summed E-state index contributed by atoms with van der Waals surface area (Å²) in [5.74, 6) is 1.74. The molecule has 1 atom stereocenters. The summed E-state index contributed by atoms with van der Waals surface area (Å²) in [6, 6.07) is 13.8. The molecule has 0 bridgehead atoms. The monoisotopic (exact) mass is 368 g/mol. The van der Waals surface area contributed by atoms with Gasteiger partial charge in [-0.2, -0.15) is 0 Å². The van der Waals surface area contributed by atoms with Crippen molar-refractivity contribution >= 4 is 27.5 Å². The van der Waals surface area contributed by atoms with E-state index in [9.17, 15) is 0 Å². The summed E-state index contributed by atoms with van der Waals surface area (Å²) < 4.78 is 10.6. The van der Waals surface area contributed by atoms with Crippen molar-refractivity contribution < 1.29 is 9.47 Å². The molecule has 0 aromatic heterocycles. The number of alkyl halides is 1. The smallest absolute Gasteiger partial charge is 0.123 e. The molecule has 4 heteroatoms. The topological polar surface area (TPSA) is 18.5 Å². The Morgan fingerprint density at radius 3 is 2.38 bits per heavy atom. The van der Waals surface area contributed by atoms with Gasteiger partial charge in [0.2, 0.25) is 0 Å². The first-order chi connectivity index (χ1) is 10.1. The van der Waals surface area contributed by atoms with E-state index in [-0.39, 0.29) is 4.83 Å². The Labute approximate surface area is 139 Å². The van der Waals surface area contributed by atoms with Crippen molar-refractivity contribution in [2.24, 2.45) is 0 Å². The molecule has 2 nitrogen and oxygen atoms in total. The van der Waals surface area contributed by atoms with Gasteiger partial charge in [-0.3, -0.25) is 0 Å². The van der Waals surface area contributed by atoms with Gasteiger partial charge in [-0.15, -0.1) is 0 Å². The summed E-state index contributed by atoms with van der Waals surface area (Å²) in [6.45, 7) is 0. The molecule has 0 amide bonds. The van der Waals surface area contributed by atoms with E-state index in [1.807, 2.05) is 30.3 Å². The van der Waals surface area contributed by atoms with Gasteiger partial charge in [-0.1, -0.05) is 39.7 Å². The van der Waals surface area contributed by atoms with Gasteiger partial charge < -0.3 is 9.47 Å². The normalized spacial score (nSPS) is 12.0. The van der Waals surface area contributed by atoms with E-state index in [2.05, 4.69) is 28.1 Å². The van der Waals surface area contributed by atoms with Crippen LogP contribution in [0.4, 0.5) is 0 Å². The molecular formula is C17H18BrClO2. The lowest BCUT2D eigenvalue weighted by Gasteiger charge is -2.15. The first-order valence-electron chi connectivity index (χ1n) is 6.74. The van der Waals surface area contributed by atoms with Crippen molar-refractivity contribution in [1.29, 1.82) is 0 Å². The van der Waals surface area contributed by atoms with Crippen LogP contribution < -0.4 is 9.47 Å². The van der Waals surface area contributed by atoms with E-state index in [1.54, 1.807) is 14.2 Å². The molecule has 0 aliphatic carbocycles. The van der Waals surface area contributed by atoms with Gasteiger partial charge in [0.25, 0.3) is 0 Å². The third kappa shape index (κ3) is 4.39. The van der Waals surface area contributed by atoms with E-state index < -0.39 is 0 Å². The number of rotatable bonds is 6. The van der Waals surface area contributed by atoms with Crippen LogP contribution in [0.1, 0.15) is 22.4 Å². The van der Waals surface area contributed by atoms with Crippen molar-refractivity contribution in [3.8, 4) is 11.5 Å². The number of benzene rings is 2. The molecule has 0 radical (unpaired) electrons.